The van der Waals surface area contributed by atoms with Gasteiger partial charge in [0.05, 0.1) is 11.3 Å². The van der Waals surface area contributed by atoms with Crippen LogP contribution in [0, 0.1) is 0 Å². The van der Waals surface area contributed by atoms with Crippen LogP contribution in [-0.4, -0.2) is 16.5 Å². The number of benzene rings is 1. The Morgan fingerprint density at radius 1 is 1.19 bits per heavy atom. The Balaban J connectivity index is 2.10. The van der Waals surface area contributed by atoms with Gasteiger partial charge in [0.1, 0.15) is 5.03 Å². The second-order valence-corrected chi connectivity index (χ2v) is 5.47. The molecule has 7 heteroatoms. The first-order valence-corrected chi connectivity index (χ1v) is 7.18. The highest BCUT2D eigenvalue weighted by molar-refractivity contribution is 8.00. The van der Waals surface area contributed by atoms with Crippen molar-refractivity contribution >= 4 is 29.1 Å². The lowest BCUT2D eigenvalue weighted by Crippen LogP contribution is -2.09. The van der Waals surface area contributed by atoms with Crippen LogP contribution in [0.15, 0.2) is 47.6 Å². The Bertz CT molecular complexity index is 643. The van der Waals surface area contributed by atoms with Crippen molar-refractivity contribution in [2.45, 2.75) is 11.2 Å². The van der Waals surface area contributed by atoms with E-state index in [4.69, 9.17) is 11.6 Å². The first-order chi connectivity index (χ1) is 9.88. The number of carbonyl (C=O) groups is 1. The highest BCUT2D eigenvalue weighted by atomic mass is 35.5. The second kappa shape index (κ2) is 6.49. The Hall–Kier alpha value is -1.53. The largest absolute Gasteiger partial charge is 0.419 e. The normalized spacial score (nSPS) is 11.4. The SMILES string of the molecule is O=C(CSc1ncccc1C(F)(F)F)c1ccc(Cl)cc1. The number of rotatable bonds is 4. The minimum Gasteiger partial charge on any atom is -0.293 e. The highest BCUT2D eigenvalue weighted by Gasteiger charge is 2.34. The lowest BCUT2D eigenvalue weighted by molar-refractivity contribution is -0.140. The van der Waals surface area contributed by atoms with E-state index in [2.05, 4.69) is 4.98 Å². The van der Waals surface area contributed by atoms with E-state index in [1.54, 1.807) is 12.1 Å². The van der Waals surface area contributed by atoms with E-state index in [-0.39, 0.29) is 16.6 Å². The van der Waals surface area contributed by atoms with Crippen molar-refractivity contribution in [3.8, 4) is 0 Å². The van der Waals surface area contributed by atoms with Crippen molar-refractivity contribution in [2.75, 3.05) is 5.75 Å². The van der Waals surface area contributed by atoms with Crippen LogP contribution < -0.4 is 0 Å². The summed E-state index contributed by atoms with van der Waals surface area (Å²) in [5.74, 6) is -0.405. The number of hydrogen-bond donors (Lipinski definition) is 0. The van der Waals surface area contributed by atoms with E-state index in [1.165, 1.54) is 24.4 Å². The summed E-state index contributed by atoms with van der Waals surface area (Å²) in [5.41, 5.74) is -0.435. The smallest absolute Gasteiger partial charge is 0.293 e. The van der Waals surface area contributed by atoms with Gasteiger partial charge in [-0.15, -0.1) is 0 Å². The molecule has 110 valence electrons. The van der Waals surface area contributed by atoms with Gasteiger partial charge in [-0.3, -0.25) is 4.79 Å². The molecule has 0 amide bonds. The van der Waals surface area contributed by atoms with E-state index < -0.39 is 11.7 Å². The van der Waals surface area contributed by atoms with Crippen LogP contribution in [0.3, 0.4) is 0 Å². The second-order valence-electron chi connectivity index (χ2n) is 4.07. The third-order valence-electron chi connectivity index (χ3n) is 2.58. The minimum absolute atomic E-state index is 0.123. The molecule has 0 aliphatic heterocycles. The molecule has 0 radical (unpaired) electrons. The fraction of sp³-hybridized carbons (Fsp3) is 0.143. The zero-order chi connectivity index (χ0) is 15.5. The number of pyridine rings is 1. The van der Waals surface area contributed by atoms with Crippen molar-refractivity contribution < 1.29 is 18.0 Å². The first-order valence-electron chi connectivity index (χ1n) is 5.81. The number of thioether (sulfide) groups is 1. The minimum atomic E-state index is -4.49. The molecular weight excluding hydrogens is 323 g/mol. The average Bonchev–Trinajstić information content (AvgIpc) is 2.45. The maximum absolute atomic E-state index is 12.8. The molecule has 0 bridgehead atoms. The molecule has 0 N–H and O–H groups in total. The van der Waals surface area contributed by atoms with Gasteiger partial charge in [0.2, 0.25) is 0 Å². The number of carbonyl (C=O) groups excluding carboxylic acids is 1. The van der Waals surface area contributed by atoms with Gasteiger partial charge in [-0.1, -0.05) is 23.4 Å². The van der Waals surface area contributed by atoms with Crippen molar-refractivity contribution in [1.82, 2.24) is 4.98 Å². The molecule has 0 aliphatic rings. The number of nitrogens with zero attached hydrogens (tertiary/aromatic N) is 1. The van der Waals surface area contributed by atoms with Gasteiger partial charge in [0, 0.05) is 16.8 Å². The topological polar surface area (TPSA) is 30.0 Å². The van der Waals surface area contributed by atoms with Gasteiger partial charge >= 0.3 is 6.18 Å². The molecular formula is C14H9ClF3NOS. The summed E-state index contributed by atoms with van der Waals surface area (Å²) >= 11 is 6.48. The van der Waals surface area contributed by atoms with Gasteiger partial charge in [0.25, 0.3) is 0 Å². The molecule has 2 nitrogen and oxygen atoms in total. The molecule has 2 aromatic rings. The van der Waals surface area contributed by atoms with Crippen LogP contribution in [-0.2, 0) is 6.18 Å². The van der Waals surface area contributed by atoms with Crippen LogP contribution in [0.4, 0.5) is 13.2 Å². The van der Waals surface area contributed by atoms with Crippen LogP contribution >= 0.6 is 23.4 Å². The van der Waals surface area contributed by atoms with Gasteiger partial charge in [-0.05, 0) is 36.4 Å². The summed E-state index contributed by atoms with van der Waals surface area (Å²) in [4.78, 5) is 15.6. The Labute approximate surface area is 128 Å². The molecule has 1 heterocycles. The molecule has 1 aromatic heterocycles. The molecule has 0 saturated heterocycles. The number of aromatic nitrogens is 1. The van der Waals surface area contributed by atoms with Crippen molar-refractivity contribution in [2.24, 2.45) is 0 Å². The Morgan fingerprint density at radius 2 is 1.86 bits per heavy atom. The number of halogens is 4. The third kappa shape index (κ3) is 4.22. The average molecular weight is 332 g/mol. The zero-order valence-corrected chi connectivity index (χ0v) is 12.1. The standard InChI is InChI=1S/C14H9ClF3NOS/c15-10-5-3-9(4-6-10)12(20)8-21-13-11(14(16,17)18)2-1-7-19-13/h1-7H,8H2. The summed E-state index contributed by atoms with van der Waals surface area (Å²) in [6, 6.07) is 8.35. The maximum atomic E-state index is 12.8. The number of ketones is 1. The lowest BCUT2D eigenvalue weighted by Gasteiger charge is -2.10. The van der Waals surface area contributed by atoms with Crippen molar-refractivity contribution in [1.29, 1.82) is 0 Å². The molecule has 2 rings (SSSR count). The highest BCUT2D eigenvalue weighted by Crippen LogP contribution is 2.35. The monoisotopic (exact) mass is 331 g/mol. The Kier molecular flexibility index (Phi) is 4.90. The van der Waals surface area contributed by atoms with E-state index in [1.807, 2.05) is 0 Å². The number of Topliss-reactive ketones (excluding diaryl/α,β-unsaturated/α-hetero) is 1. The van der Waals surface area contributed by atoms with E-state index in [0.717, 1.165) is 17.8 Å². The molecule has 0 aliphatic carbocycles. The first kappa shape index (κ1) is 15.9. The van der Waals surface area contributed by atoms with Gasteiger partial charge in [0.15, 0.2) is 5.78 Å². The zero-order valence-electron chi connectivity index (χ0n) is 10.5. The predicted molar refractivity (Wildman–Crippen MR) is 75.7 cm³/mol. The third-order valence-corrected chi connectivity index (χ3v) is 3.84. The Morgan fingerprint density at radius 3 is 2.48 bits per heavy atom. The van der Waals surface area contributed by atoms with Gasteiger partial charge in [-0.25, -0.2) is 4.98 Å². The van der Waals surface area contributed by atoms with Crippen LogP contribution in [0.2, 0.25) is 5.02 Å². The predicted octanol–water partition coefficient (Wildman–Crippen LogP) is 4.73. The molecule has 0 atom stereocenters. The maximum Gasteiger partial charge on any atom is 0.419 e. The fourth-order valence-corrected chi connectivity index (χ4v) is 2.61. The van der Waals surface area contributed by atoms with Crippen LogP contribution in [0.25, 0.3) is 0 Å². The number of alkyl halides is 3. The van der Waals surface area contributed by atoms with Crippen molar-refractivity contribution in [3.63, 3.8) is 0 Å². The van der Waals surface area contributed by atoms with E-state index >= 15 is 0 Å². The van der Waals surface area contributed by atoms with Crippen molar-refractivity contribution in [3.05, 3.63) is 58.7 Å². The molecule has 0 spiro atoms. The molecule has 0 unspecified atom stereocenters. The van der Waals surface area contributed by atoms with Gasteiger partial charge < -0.3 is 0 Å². The van der Waals surface area contributed by atoms with Crippen LogP contribution in [0.5, 0.6) is 0 Å². The fourth-order valence-electron chi connectivity index (χ4n) is 1.57. The molecule has 0 fully saturated rings. The summed E-state index contributed by atoms with van der Waals surface area (Å²) in [6.45, 7) is 0. The summed E-state index contributed by atoms with van der Waals surface area (Å²) in [6.07, 6.45) is -3.22. The summed E-state index contributed by atoms with van der Waals surface area (Å²) in [7, 11) is 0. The molecule has 0 saturated carbocycles. The lowest BCUT2D eigenvalue weighted by atomic mass is 10.1. The molecule has 1 aromatic carbocycles. The van der Waals surface area contributed by atoms with Gasteiger partial charge in [-0.2, -0.15) is 13.2 Å². The number of hydrogen-bond acceptors (Lipinski definition) is 3. The summed E-state index contributed by atoms with van der Waals surface area (Å²) in [5, 5.41) is 0.288. The molecule has 21 heavy (non-hydrogen) atoms. The van der Waals surface area contributed by atoms with Crippen LogP contribution in [0.1, 0.15) is 15.9 Å². The van der Waals surface area contributed by atoms with E-state index in [9.17, 15) is 18.0 Å². The van der Waals surface area contributed by atoms with E-state index in [0.29, 0.717) is 10.6 Å². The quantitative estimate of drug-likeness (QED) is 0.599. The summed E-state index contributed by atoms with van der Waals surface area (Å²) < 4.78 is 38.4.